The Morgan fingerprint density at radius 1 is 1.23 bits per heavy atom. The zero-order chi connectivity index (χ0) is 15.7. The fraction of sp³-hybridized carbons (Fsp3) is 0.412. The largest absolute Gasteiger partial charge is 0.511 e. The van der Waals surface area contributed by atoms with E-state index in [-0.39, 0.29) is 48.5 Å². The van der Waals surface area contributed by atoms with Gasteiger partial charge in [-0.2, -0.15) is 0 Å². The number of para-hydroxylation sites is 1. The van der Waals surface area contributed by atoms with Gasteiger partial charge in [-0.05, 0) is 12.5 Å². The Bertz CT molecular complexity index is 639. The standard InChI is InChI=1S/C17H18O5/c1-2-4-12(18)16-13(19)7-10(8-14(16)20)11-5-3-6-15-17(11)22-9-21-15/h3,5-6,10,18H,2,4,7-9H2,1H3. The van der Waals surface area contributed by atoms with Gasteiger partial charge in [0.15, 0.2) is 23.1 Å². The molecule has 3 rings (SSSR count). The van der Waals surface area contributed by atoms with Gasteiger partial charge in [-0.25, -0.2) is 0 Å². The summed E-state index contributed by atoms with van der Waals surface area (Å²) in [6.45, 7) is 2.05. The average Bonchev–Trinajstić information content (AvgIpc) is 2.95. The quantitative estimate of drug-likeness (QED) is 0.528. The molecule has 5 nitrogen and oxygen atoms in total. The third kappa shape index (κ3) is 2.47. The Kier molecular flexibility index (Phi) is 3.88. The molecule has 0 aromatic heterocycles. The fourth-order valence-electron chi connectivity index (χ4n) is 3.06. The highest BCUT2D eigenvalue weighted by Crippen LogP contribution is 2.43. The number of aliphatic hydroxyl groups is 1. The molecule has 1 aromatic rings. The number of ketones is 2. The normalized spacial score (nSPS) is 20.4. The van der Waals surface area contributed by atoms with Crippen LogP contribution in [0.25, 0.3) is 0 Å². The number of hydrogen-bond acceptors (Lipinski definition) is 5. The molecule has 5 heteroatoms. The van der Waals surface area contributed by atoms with E-state index in [1.165, 1.54) is 0 Å². The van der Waals surface area contributed by atoms with Crippen LogP contribution in [0.4, 0.5) is 0 Å². The Balaban J connectivity index is 1.89. The van der Waals surface area contributed by atoms with Gasteiger partial charge < -0.3 is 14.6 Å². The number of rotatable bonds is 3. The molecule has 116 valence electrons. The lowest BCUT2D eigenvalue weighted by atomic mass is 9.79. The van der Waals surface area contributed by atoms with Crippen molar-refractivity contribution in [2.75, 3.05) is 6.79 Å². The molecular formula is C17H18O5. The Morgan fingerprint density at radius 3 is 2.64 bits per heavy atom. The minimum absolute atomic E-state index is 0.0113. The van der Waals surface area contributed by atoms with Crippen LogP contribution in [0.2, 0.25) is 0 Å². The number of Topliss-reactive ketones (excluding diaryl/α,β-unsaturated/α-hetero) is 2. The first-order valence-electron chi connectivity index (χ1n) is 7.48. The van der Waals surface area contributed by atoms with Gasteiger partial charge in [0.2, 0.25) is 6.79 Å². The van der Waals surface area contributed by atoms with E-state index in [1.807, 2.05) is 19.1 Å². The number of benzene rings is 1. The van der Waals surface area contributed by atoms with Gasteiger partial charge >= 0.3 is 0 Å². The molecule has 1 aliphatic carbocycles. The average molecular weight is 302 g/mol. The van der Waals surface area contributed by atoms with E-state index >= 15 is 0 Å². The van der Waals surface area contributed by atoms with Crippen molar-refractivity contribution in [2.24, 2.45) is 0 Å². The lowest BCUT2D eigenvalue weighted by Crippen LogP contribution is -2.26. The third-order valence-electron chi connectivity index (χ3n) is 4.06. The van der Waals surface area contributed by atoms with Crippen LogP contribution in [0.1, 0.15) is 44.1 Å². The number of ether oxygens (including phenoxy) is 2. The first-order chi connectivity index (χ1) is 10.6. The number of aliphatic hydroxyl groups excluding tert-OH is 1. The molecule has 2 aliphatic rings. The summed E-state index contributed by atoms with van der Waals surface area (Å²) >= 11 is 0. The van der Waals surface area contributed by atoms with Crippen molar-refractivity contribution < 1.29 is 24.2 Å². The summed E-state index contributed by atoms with van der Waals surface area (Å²) in [6, 6.07) is 5.49. The van der Waals surface area contributed by atoms with Crippen molar-refractivity contribution in [3.8, 4) is 11.5 Å². The van der Waals surface area contributed by atoms with Crippen LogP contribution >= 0.6 is 0 Å². The van der Waals surface area contributed by atoms with E-state index < -0.39 is 0 Å². The van der Waals surface area contributed by atoms with E-state index in [0.29, 0.717) is 24.3 Å². The first kappa shape index (κ1) is 14.6. The topological polar surface area (TPSA) is 72.8 Å². The molecule has 0 spiro atoms. The predicted octanol–water partition coefficient (Wildman–Crippen LogP) is 3.04. The summed E-state index contributed by atoms with van der Waals surface area (Å²) in [7, 11) is 0. The van der Waals surface area contributed by atoms with Crippen LogP contribution in [-0.4, -0.2) is 23.5 Å². The monoisotopic (exact) mass is 302 g/mol. The van der Waals surface area contributed by atoms with Gasteiger partial charge in [-0.1, -0.05) is 19.1 Å². The minimum atomic E-state index is -0.288. The second-order valence-corrected chi connectivity index (χ2v) is 5.60. The molecular weight excluding hydrogens is 284 g/mol. The molecule has 0 bridgehead atoms. The predicted molar refractivity (Wildman–Crippen MR) is 79.1 cm³/mol. The second-order valence-electron chi connectivity index (χ2n) is 5.60. The summed E-state index contributed by atoms with van der Waals surface area (Å²) in [5.41, 5.74) is 0.813. The molecule has 0 atom stereocenters. The van der Waals surface area contributed by atoms with Gasteiger partial charge in [0.25, 0.3) is 0 Å². The van der Waals surface area contributed by atoms with Crippen LogP contribution in [-0.2, 0) is 9.59 Å². The van der Waals surface area contributed by atoms with E-state index in [9.17, 15) is 14.7 Å². The molecule has 1 fully saturated rings. The van der Waals surface area contributed by atoms with Crippen molar-refractivity contribution in [2.45, 2.75) is 38.5 Å². The van der Waals surface area contributed by atoms with Crippen LogP contribution in [0.5, 0.6) is 11.5 Å². The SMILES string of the molecule is CCCC(O)=C1C(=O)CC(c2cccc3c2OCO3)CC1=O. The molecule has 1 heterocycles. The minimum Gasteiger partial charge on any atom is -0.511 e. The van der Waals surface area contributed by atoms with Gasteiger partial charge in [0.05, 0.1) is 5.57 Å². The highest BCUT2D eigenvalue weighted by molar-refractivity contribution is 6.22. The van der Waals surface area contributed by atoms with Gasteiger partial charge in [-0.3, -0.25) is 9.59 Å². The van der Waals surface area contributed by atoms with E-state index in [1.54, 1.807) is 6.07 Å². The van der Waals surface area contributed by atoms with Crippen LogP contribution in [0.15, 0.2) is 29.5 Å². The number of carbonyl (C=O) groups is 2. The van der Waals surface area contributed by atoms with E-state index in [0.717, 1.165) is 5.56 Å². The summed E-state index contributed by atoms with van der Waals surface area (Å²) in [5.74, 6) is 0.391. The summed E-state index contributed by atoms with van der Waals surface area (Å²) in [4.78, 5) is 24.6. The van der Waals surface area contributed by atoms with Gasteiger partial charge in [0.1, 0.15) is 5.76 Å². The van der Waals surface area contributed by atoms with Gasteiger partial charge in [0, 0.05) is 30.7 Å². The van der Waals surface area contributed by atoms with E-state index in [4.69, 9.17) is 9.47 Å². The molecule has 1 aliphatic heterocycles. The molecule has 1 saturated carbocycles. The smallest absolute Gasteiger partial charge is 0.231 e. The maximum atomic E-state index is 12.3. The van der Waals surface area contributed by atoms with Crippen LogP contribution in [0, 0.1) is 0 Å². The number of carbonyl (C=O) groups excluding carboxylic acids is 2. The summed E-state index contributed by atoms with van der Waals surface area (Å²) in [6.07, 6.45) is 1.45. The fourth-order valence-corrected chi connectivity index (χ4v) is 3.06. The summed E-state index contributed by atoms with van der Waals surface area (Å²) < 4.78 is 10.8. The van der Waals surface area contributed by atoms with Crippen molar-refractivity contribution in [1.29, 1.82) is 0 Å². The van der Waals surface area contributed by atoms with Crippen molar-refractivity contribution in [1.82, 2.24) is 0 Å². The molecule has 22 heavy (non-hydrogen) atoms. The zero-order valence-electron chi connectivity index (χ0n) is 12.4. The highest BCUT2D eigenvalue weighted by atomic mass is 16.7. The Morgan fingerprint density at radius 2 is 1.95 bits per heavy atom. The van der Waals surface area contributed by atoms with Crippen molar-refractivity contribution in [3.05, 3.63) is 35.1 Å². The number of allylic oxidation sites excluding steroid dienone is 2. The van der Waals surface area contributed by atoms with Gasteiger partial charge in [-0.15, -0.1) is 0 Å². The van der Waals surface area contributed by atoms with Crippen LogP contribution in [0.3, 0.4) is 0 Å². The lowest BCUT2D eigenvalue weighted by molar-refractivity contribution is -0.124. The van der Waals surface area contributed by atoms with Crippen molar-refractivity contribution >= 4 is 11.6 Å². The Hall–Kier alpha value is -2.30. The Labute approximate surface area is 128 Å². The molecule has 0 unspecified atom stereocenters. The maximum Gasteiger partial charge on any atom is 0.231 e. The highest BCUT2D eigenvalue weighted by Gasteiger charge is 2.36. The number of fused-ring (bicyclic) bond motifs is 1. The van der Waals surface area contributed by atoms with Crippen LogP contribution < -0.4 is 9.47 Å². The van der Waals surface area contributed by atoms with Crippen molar-refractivity contribution in [3.63, 3.8) is 0 Å². The molecule has 0 saturated heterocycles. The second kappa shape index (κ2) is 5.83. The maximum absolute atomic E-state index is 12.3. The first-order valence-corrected chi connectivity index (χ1v) is 7.48. The molecule has 1 N–H and O–H groups in total. The molecule has 1 aromatic carbocycles. The molecule has 0 amide bonds. The third-order valence-corrected chi connectivity index (χ3v) is 4.06. The number of hydrogen-bond donors (Lipinski definition) is 1. The van der Waals surface area contributed by atoms with E-state index in [2.05, 4.69) is 0 Å². The lowest BCUT2D eigenvalue weighted by Gasteiger charge is -2.23. The summed E-state index contributed by atoms with van der Waals surface area (Å²) in [5, 5.41) is 9.92. The molecule has 0 radical (unpaired) electrons. The zero-order valence-corrected chi connectivity index (χ0v) is 12.4.